The highest BCUT2D eigenvalue weighted by molar-refractivity contribution is 5.12. The minimum atomic E-state index is -0.753. The summed E-state index contributed by atoms with van der Waals surface area (Å²) in [5.74, 6) is 0.261. The van der Waals surface area contributed by atoms with Crippen molar-refractivity contribution in [3.63, 3.8) is 0 Å². The quantitative estimate of drug-likeness (QED) is 0.711. The van der Waals surface area contributed by atoms with E-state index in [9.17, 15) is 5.11 Å². The Morgan fingerprint density at radius 2 is 2.31 bits per heavy atom. The summed E-state index contributed by atoms with van der Waals surface area (Å²) in [6.07, 6.45) is 3.61. The molecule has 0 aromatic rings. The van der Waals surface area contributed by atoms with Gasteiger partial charge in [-0.05, 0) is 32.1 Å². The van der Waals surface area contributed by atoms with Crippen LogP contribution in [0.4, 0.5) is 0 Å². The van der Waals surface area contributed by atoms with Gasteiger partial charge in [0.1, 0.15) is 0 Å². The van der Waals surface area contributed by atoms with Crippen molar-refractivity contribution in [2.45, 2.75) is 52.1 Å². The zero-order valence-corrected chi connectivity index (χ0v) is 8.80. The predicted molar refractivity (Wildman–Crippen MR) is 52.0 cm³/mol. The van der Waals surface area contributed by atoms with E-state index in [2.05, 4.69) is 13.0 Å². The average Bonchev–Trinajstić information content (AvgIpc) is 2.47. The first-order chi connectivity index (χ1) is 6.00. The summed E-state index contributed by atoms with van der Waals surface area (Å²) in [5.41, 5.74) is -1.32. The van der Waals surface area contributed by atoms with E-state index < -0.39 is 11.0 Å². The molecule has 0 aromatic carbocycles. The molecule has 0 aromatic heterocycles. The van der Waals surface area contributed by atoms with Gasteiger partial charge >= 0.3 is 0 Å². The van der Waals surface area contributed by atoms with Crippen molar-refractivity contribution in [2.24, 2.45) is 11.3 Å². The van der Waals surface area contributed by atoms with Crippen LogP contribution in [0.25, 0.3) is 0 Å². The summed E-state index contributed by atoms with van der Waals surface area (Å²) in [5, 5.41) is 19.6. The summed E-state index contributed by atoms with van der Waals surface area (Å²) >= 11 is 0. The maximum atomic E-state index is 10.5. The summed E-state index contributed by atoms with van der Waals surface area (Å²) in [6, 6.07) is 2.29. The van der Waals surface area contributed by atoms with E-state index in [1.54, 1.807) is 0 Å². The van der Waals surface area contributed by atoms with Crippen molar-refractivity contribution in [2.75, 3.05) is 0 Å². The van der Waals surface area contributed by atoms with Crippen LogP contribution in [0.2, 0.25) is 0 Å². The van der Waals surface area contributed by atoms with Crippen LogP contribution in [0.1, 0.15) is 46.5 Å². The molecule has 74 valence electrons. The van der Waals surface area contributed by atoms with E-state index in [-0.39, 0.29) is 5.92 Å². The second-order valence-electron chi connectivity index (χ2n) is 4.51. The first kappa shape index (κ1) is 10.5. The van der Waals surface area contributed by atoms with Crippen LogP contribution in [-0.2, 0) is 0 Å². The minimum absolute atomic E-state index is 0.261. The topological polar surface area (TPSA) is 44.0 Å². The van der Waals surface area contributed by atoms with Gasteiger partial charge in [-0.15, -0.1) is 0 Å². The third kappa shape index (κ3) is 1.36. The number of hydrogen-bond acceptors (Lipinski definition) is 2. The van der Waals surface area contributed by atoms with Gasteiger partial charge in [-0.1, -0.05) is 20.3 Å². The number of nitrogens with zero attached hydrogens (tertiary/aromatic N) is 1. The molecule has 3 atom stereocenters. The Morgan fingerprint density at radius 3 is 2.62 bits per heavy atom. The Hall–Kier alpha value is -0.550. The van der Waals surface area contributed by atoms with Gasteiger partial charge in [-0.3, -0.25) is 0 Å². The largest absolute Gasteiger partial charge is 0.388 e. The molecule has 0 radical (unpaired) electrons. The van der Waals surface area contributed by atoms with E-state index in [1.165, 1.54) is 0 Å². The van der Waals surface area contributed by atoms with Gasteiger partial charge < -0.3 is 5.11 Å². The molecule has 0 aliphatic heterocycles. The van der Waals surface area contributed by atoms with Gasteiger partial charge in [0, 0.05) is 0 Å². The summed E-state index contributed by atoms with van der Waals surface area (Å²) in [4.78, 5) is 0. The molecule has 2 nitrogen and oxygen atoms in total. The van der Waals surface area contributed by atoms with E-state index in [0.717, 1.165) is 25.7 Å². The van der Waals surface area contributed by atoms with Crippen molar-refractivity contribution in [1.29, 1.82) is 5.26 Å². The SMILES string of the molecule is CCC(C)(C#N)C1(O)CCCC1C. The Bertz CT molecular complexity index is 233. The van der Waals surface area contributed by atoms with Crippen LogP contribution in [-0.4, -0.2) is 10.7 Å². The van der Waals surface area contributed by atoms with Crippen LogP contribution in [0, 0.1) is 22.7 Å². The molecule has 0 spiro atoms. The average molecular weight is 181 g/mol. The lowest BCUT2D eigenvalue weighted by Gasteiger charge is -2.40. The fourth-order valence-corrected chi connectivity index (χ4v) is 2.46. The molecule has 1 aliphatic rings. The summed E-state index contributed by atoms with van der Waals surface area (Å²) < 4.78 is 0. The zero-order chi connectivity index (χ0) is 10.1. The Labute approximate surface area is 80.6 Å². The lowest BCUT2D eigenvalue weighted by Crippen LogP contribution is -2.47. The van der Waals surface area contributed by atoms with Crippen LogP contribution < -0.4 is 0 Å². The Kier molecular flexibility index (Phi) is 2.68. The molecule has 13 heavy (non-hydrogen) atoms. The molecule has 1 N–H and O–H groups in total. The van der Waals surface area contributed by atoms with Crippen LogP contribution >= 0.6 is 0 Å². The molecule has 3 unspecified atom stereocenters. The van der Waals surface area contributed by atoms with Gasteiger partial charge in [0.15, 0.2) is 0 Å². The third-order valence-corrected chi connectivity index (χ3v) is 3.92. The summed E-state index contributed by atoms with van der Waals surface area (Å²) in [6.45, 7) is 5.92. The molecule has 2 heteroatoms. The standard InChI is InChI=1S/C11H19NO/c1-4-10(3,8-12)11(13)7-5-6-9(11)2/h9,13H,4-7H2,1-3H3. The lowest BCUT2D eigenvalue weighted by molar-refractivity contribution is -0.0745. The van der Waals surface area contributed by atoms with E-state index in [0.29, 0.717) is 0 Å². The molecule has 1 fully saturated rings. The first-order valence-corrected chi connectivity index (χ1v) is 5.14. The summed E-state index contributed by atoms with van der Waals surface area (Å²) in [7, 11) is 0. The zero-order valence-electron chi connectivity index (χ0n) is 8.80. The van der Waals surface area contributed by atoms with Crippen molar-refractivity contribution in [1.82, 2.24) is 0 Å². The van der Waals surface area contributed by atoms with Gasteiger partial charge in [-0.2, -0.15) is 5.26 Å². The van der Waals surface area contributed by atoms with E-state index in [1.807, 2.05) is 13.8 Å². The van der Waals surface area contributed by atoms with Gasteiger partial charge in [0.05, 0.1) is 17.1 Å². The fourth-order valence-electron chi connectivity index (χ4n) is 2.46. The highest BCUT2D eigenvalue weighted by Gasteiger charge is 2.51. The number of aliphatic hydroxyl groups is 1. The Morgan fingerprint density at radius 1 is 1.69 bits per heavy atom. The minimum Gasteiger partial charge on any atom is -0.388 e. The highest BCUT2D eigenvalue weighted by atomic mass is 16.3. The monoisotopic (exact) mass is 181 g/mol. The Balaban J connectivity index is 2.97. The fraction of sp³-hybridized carbons (Fsp3) is 0.909. The third-order valence-electron chi connectivity index (χ3n) is 3.92. The van der Waals surface area contributed by atoms with Gasteiger partial charge in [0.2, 0.25) is 0 Å². The van der Waals surface area contributed by atoms with Crippen molar-refractivity contribution < 1.29 is 5.11 Å². The number of nitriles is 1. The molecule has 1 rings (SSSR count). The van der Waals surface area contributed by atoms with Crippen molar-refractivity contribution >= 4 is 0 Å². The van der Waals surface area contributed by atoms with E-state index in [4.69, 9.17) is 5.26 Å². The second kappa shape index (κ2) is 3.31. The van der Waals surface area contributed by atoms with Crippen molar-refractivity contribution in [3.8, 4) is 6.07 Å². The van der Waals surface area contributed by atoms with Gasteiger partial charge in [-0.25, -0.2) is 0 Å². The van der Waals surface area contributed by atoms with Crippen LogP contribution in [0.3, 0.4) is 0 Å². The van der Waals surface area contributed by atoms with Crippen LogP contribution in [0.5, 0.6) is 0 Å². The van der Waals surface area contributed by atoms with Crippen molar-refractivity contribution in [3.05, 3.63) is 0 Å². The van der Waals surface area contributed by atoms with Gasteiger partial charge in [0.25, 0.3) is 0 Å². The molecule has 0 saturated heterocycles. The van der Waals surface area contributed by atoms with Crippen LogP contribution in [0.15, 0.2) is 0 Å². The molecule has 0 bridgehead atoms. The molecule has 1 aliphatic carbocycles. The first-order valence-electron chi connectivity index (χ1n) is 5.14. The lowest BCUT2D eigenvalue weighted by atomic mass is 9.68. The normalized spacial score (nSPS) is 38.2. The molecule has 0 amide bonds. The maximum Gasteiger partial charge on any atom is 0.0855 e. The predicted octanol–water partition coefficient (Wildman–Crippen LogP) is 2.48. The van der Waals surface area contributed by atoms with E-state index >= 15 is 0 Å². The highest BCUT2D eigenvalue weighted by Crippen LogP contribution is 2.48. The molecule has 1 saturated carbocycles. The molecule has 0 heterocycles. The number of hydrogen-bond donors (Lipinski definition) is 1. The number of rotatable bonds is 2. The smallest absolute Gasteiger partial charge is 0.0855 e. The second-order valence-corrected chi connectivity index (χ2v) is 4.51. The maximum absolute atomic E-state index is 10.5. The molecular formula is C11H19NO. The molecular weight excluding hydrogens is 162 g/mol.